The number of nitrogens with two attached hydrogens (primary N) is 1. The summed E-state index contributed by atoms with van der Waals surface area (Å²) in [6.07, 6.45) is 1.53. The molecule has 0 aliphatic heterocycles. The molecule has 0 atom stereocenters. The van der Waals surface area contributed by atoms with Crippen molar-refractivity contribution >= 4 is 10.0 Å². The number of rotatable bonds is 7. The SMILES string of the molecule is COc1ccc(-c2cccc(OCc3oncc3-c3ccc(S(N)(=O)=O)cc3)c2)cc1F. The molecule has 0 bridgehead atoms. The number of primary sulfonamides is 1. The van der Waals surface area contributed by atoms with E-state index in [1.54, 1.807) is 42.5 Å². The number of benzene rings is 3. The van der Waals surface area contributed by atoms with Gasteiger partial charge in [0.25, 0.3) is 0 Å². The topological polar surface area (TPSA) is 105 Å². The van der Waals surface area contributed by atoms with Crippen molar-refractivity contribution < 1.29 is 26.8 Å². The second-order valence-corrected chi connectivity index (χ2v) is 8.46. The van der Waals surface area contributed by atoms with E-state index in [0.717, 1.165) is 5.56 Å². The Morgan fingerprint density at radius 2 is 1.72 bits per heavy atom. The number of sulfonamides is 1. The Morgan fingerprint density at radius 1 is 1.00 bits per heavy atom. The highest BCUT2D eigenvalue weighted by molar-refractivity contribution is 7.89. The standard InChI is InChI=1S/C23H19FN2O5S/c1-29-22-10-7-17(12-21(22)24)16-3-2-4-18(11-16)30-14-23-20(13-26-31-23)15-5-8-19(9-6-15)32(25,27)28/h2-13H,14H2,1H3,(H2,25,27,28). The largest absolute Gasteiger partial charge is 0.494 e. The number of hydrogen-bond donors (Lipinski definition) is 1. The third kappa shape index (κ3) is 4.63. The van der Waals surface area contributed by atoms with Gasteiger partial charge in [-0.2, -0.15) is 0 Å². The summed E-state index contributed by atoms with van der Waals surface area (Å²) < 4.78 is 53.1. The van der Waals surface area contributed by atoms with Gasteiger partial charge in [0.05, 0.1) is 18.2 Å². The van der Waals surface area contributed by atoms with Gasteiger partial charge in [-0.1, -0.05) is 35.5 Å². The highest BCUT2D eigenvalue weighted by Crippen LogP contribution is 2.29. The first-order valence-electron chi connectivity index (χ1n) is 9.49. The van der Waals surface area contributed by atoms with Crippen molar-refractivity contribution in [1.29, 1.82) is 0 Å². The van der Waals surface area contributed by atoms with Gasteiger partial charge in [0.2, 0.25) is 10.0 Å². The van der Waals surface area contributed by atoms with E-state index in [1.807, 2.05) is 6.07 Å². The van der Waals surface area contributed by atoms with Gasteiger partial charge < -0.3 is 14.0 Å². The summed E-state index contributed by atoms with van der Waals surface area (Å²) in [5, 5.41) is 8.96. The van der Waals surface area contributed by atoms with Gasteiger partial charge in [0.1, 0.15) is 12.4 Å². The molecule has 0 aliphatic carbocycles. The molecule has 0 radical (unpaired) electrons. The minimum Gasteiger partial charge on any atom is -0.494 e. The first-order chi connectivity index (χ1) is 15.3. The highest BCUT2D eigenvalue weighted by atomic mass is 32.2. The van der Waals surface area contributed by atoms with Crippen molar-refractivity contribution in [3.8, 4) is 33.8 Å². The predicted molar refractivity (Wildman–Crippen MR) is 116 cm³/mol. The Balaban J connectivity index is 1.51. The van der Waals surface area contributed by atoms with Crippen molar-refractivity contribution in [3.63, 3.8) is 0 Å². The summed E-state index contributed by atoms with van der Waals surface area (Å²) >= 11 is 0. The summed E-state index contributed by atoms with van der Waals surface area (Å²) in [7, 11) is -2.36. The van der Waals surface area contributed by atoms with Crippen LogP contribution in [-0.2, 0) is 16.6 Å². The molecule has 4 rings (SSSR count). The average Bonchev–Trinajstić information content (AvgIpc) is 3.26. The molecule has 0 spiro atoms. The van der Waals surface area contributed by atoms with Crippen LogP contribution in [-0.4, -0.2) is 20.7 Å². The van der Waals surface area contributed by atoms with Crippen LogP contribution in [0.3, 0.4) is 0 Å². The van der Waals surface area contributed by atoms with Gasteiger partial charge in [-0.25, -0.2) is 17.9 Å². The molecule has 0 saturated heterocycles. The Morgan fingerprint density at radius 3 is 2.41 bits per heavy atom. The maximum Gasteiger partial charge on any atom is 0.238 e. The summed E-state index contributed by atoms with van der Waals surface area (Å²) in [6.45, 7) is 0.0900. The quantitative estimate of drug-likeness (QED) is 0.444. The average molecular weight is 454 g/mol. The normalized spacial score (nSPS) is 11.3. The first-order valence-corrected chi connectivity index (χ1v) is 11.0. The Kier molecular flexibility index (Phi) is 5.93. The molecule has 3 aromatic carbocycles. The first kappa shape index (κ1) is 21.5. The van der Waals surface area contributed by atoms with Crippen LogP contribution in [0.1, 0.15) is 5.76 Å². The lowest BCUT2D eigenvalue weighted by Crippen LogP contribution is -2.11. The molecule has 164 valence electrons. The molecule has 0 aliphatic rings. The molecule has 0 amide bonds. The second kappa shape index (κ2) is 8.81. The van der Waals surface area contributed by atoms with E-state index >= 15 is 0 Å². The molecule has 9 heteroatoms. The maximum atomic E-state index is 14.1. The van der Waals surface area contributed by atoms with Gasteiger partial charge >= 0.3 is 0 Å². The number of hydrogen-bond acceptors (Lipinski definition) is 6. The Bertz CT molecular complexity index is 1350. The molecular weight excluding hydrogens is 435 g/mol. The van der Waals surface area contributed by atoms with E-state index in [-0.39, 0.29) is 17.3 Å². The van der Waals surface area contributed by atoms with E-state index in [0.29, 0.717) is 28.2 Å². The van der Waals surface area contributed by atoms with E-state index in [1.165, 1.54) is 31.5 Å². The lowest BCUT2D eigenvalue weighted by atomic mass is 10.1. The molecule has 0 fully saturated rings. The lowest BCUT2D eigenvalue weighted by Gasteiger charge is -2.09. The van der Waals surface area contributed by atoms with Crippen molar-refractivity contribution in [2.75, 3.05) is 7.11 Å². The summed E-state index contributed by atoms with van der Waals surface area (Å²) in [5.74, 6) is 0.757. The van der Waals surface area contributed by atoms with Crippen molar-refractivity contribution in [3.05, 3.63) is 84.5 Å². The van der Waals surface area contributed by atoms with Crippen LogP contribution < -0.4 is 14.6 Å². The maximum absolute atomic E-state index is 14.1. The summed E-state index contributed by atoms with van der Waals surface area (Å²) in [6, 6.07) is 18.0. The zero-order chi connectivity index (χ0) is 22.7. The molecule has 0 unspecified atom stereocenters. The fraction of sp³-hybridized carbons (Fsp3) is 0.0870. The van der Waals surface area contributed by atoms with Crippen LogP contribution >= 0.6 is 0 Å². The van der Waals surface area contributed by atoms with Crippen molar-refractivity contribution in [2.45, 2.75) is 11.5 Å². The molecule has 1 aromatic heterocycles. The van der Waals surface area contributed by atoms with Crippen molar-refractivity contribution in [2.24, 2.45) is 5.14 Å². The summed E-state index contributed by atoms with van der Waals surface area (Å²) in [5.41, 5.74) is 2.84. The molecule has 0 saturated carbocycles. The molecule has 7 nitrogen and oxygen atoms in total. The zero-order valence-electron chi connectivity index (χ0n) is 17.0. The van der Waals surface area contributed by atoms with Crippen LogP contribution in [0, 0.1) is 5.82 Å². The van der Waals surface area contributed by atoms with Crippen LogP contribution in [0.25, 0.3) is 22.3 Å². The number of nitrogens with zero attached hydrogens (tertiary/aromatic N) is 1. The van der Waals surface area contributed by atoms with Crippen molar-refractivity contribution in [1.82, 2.24) is 5.16 Å². The van der Waals surface area contributed by atoms with Crippen LogP contribution in [0.4, 0.5) is 4.39 Å². The Hall–Kier alpha value is -3.69. The van der Waals surface area contributed by atoms with Crippen LogP contribution in [0.15, 0.2) is 82.3 Å². The number of halogens is 1. The van der Waals surface area contributed by atoms with Crippen LogP contribution in [0.5, 0.6) is 11.5 Å². The van der Waals surface area contributed by atoms with E-state index in [2.05, 4.69) is 5.16 Å². The molecule has 4 aromatic rings. The molecule has 32 heavy (non-hydrogen) atoms. The third-order valence-corrected chi connectivity index (χ3v) is 5.76. The summed E-state index contributed by atoms with van der Waals surface area (Å²) in [4.78, 5) is 0.0160. The molecule has 2 N–H and O–H groups in total. The fourth-order valence-electron chi connectivity index (χ4n) is 3.19. The molecular formula is C23H19FN2O5S. The lowest BCUT2D eigenvalue weighted by molar-refractivity contribution is 0.250. The second-order valence-electron chi connectivity index (χ2n) is 6.90. The van der Waals surface area contributed by atoms with E-state index in [4.69, 9.17) is 19.1 Å². The fourth-order valence-corrected chi connectivity index (χ4v) is 3.70. The van der Waals surface area contributed by atoms with Gasteiger partial charge in [-0.05, 0) is 53.1 Å². The third-order valence-electron chi connectivity index (χ3n) is 4.83. The minimum atomic E-state index is -3.77. The van der Waals surface area contributed by atoms with E-state index < -0.39 is 15.8 Å². The molecule has 1 heterocycles. The van der Waals surface area contributed by atoms with Gasteiger partial charge in [-0.3, -0.25) is 0 Å². The van der Waals surface area contributed by atoms with E-state index in [9.17, 15) is 12.8 Å². The Labute approximate surface area is 184 Å². The monoisotopic (exact) mass is 454 g/mol. The number of aromatic nitrogens is 1. The smallest absolute Gasteiger partial charge is 0.238 e. The van der Waals surface area contributed by atoms with Gasteiger partial charge in [0.15, 0.2) is 17.3 Å². The number of ether oxygens (including phenoxy) is 2. The van der Waals surface area contributed by atoms with Crippen LogP contribution in [0.2, 0.25) is 0 Å². The predicted octanol–water partition coefficient (Wildman–Crippen LogP) is 4.38. The highest BCUT2D eigenvalue weighted by Gasteiger charge is 2.14. The van der Waals surface area contributed by atoms with Gasteiger partial charge in [0, 0.05) is 5.56 Å². The van der Waals surface area contributed by atoms with Gasteiger partial charge in [-0.15, -0.1) is 0 Å². The minimum absolute atomic E-state index is 0.0160. The number of methoxy groups -OCH3 is 1. The zero-order valence-corrected chi connectivity index (χ0v) is 17.8.